The summed E-state index contributed by atoms with van der Waals surface area (Å²) in [5.41, 5.74) is 5.44. The van der Waals surface area contributed by atoms with E-state index in [1.165, 1.54) is 11.1 Å². The molecule has 4 rings (SSSR count). The molecule has 3 aromatic rings. The number of hydrogen-bond donors (Lipinski definition) is 0. The van der Waals surface area contributed by atoms with Crippen LogP contribution in [-0.4, -0.2) is 50.2 Å². The van der Waals surface area contributed by atoms with Gasteiger partial charge in [0.25, 0.3) is 0 Å². The number of rotatable bonds is 7. The van der Waals surface area contributed by atoms with Crippen molar-refractivity contribution in [3.05, 3.63) is 101 Å². The molecular formula is C28H32N2O2. The molecule has 32 heavy (non-hydrogen) atoms. The number of ether oxygens (including phenoxy) is 1. The minimum absolute atomic E-state index is 0.237. The first-order chi connectivity index (χ1) is 15.7. The Morgan fingerprint density at radius 3 is 2.03 bits per heavy atom. The van der Waals surface area contributed by atoms with Crippen LogP contribution in [0.4, 0.5) is 5.69 Å². The number of benzene rings is 3. The van der Waals surface area contributed by atoms with Crippen molar-refractivity contribution in [1.29, 1.82) is 0 Å². The molecular weight excluding hydrogens is 396 g/mol. The Labute approximate surface area is 191 Å². The molecule has 0 bridgehead atoms. The third-order valence-electron chi connectivity index (χ3n) is 6.30. The van der Waals surface area contributed by atoms with E-state index in [1.54, 1.807) is 0 Å². The van der Waals surface area contributed by atoms with Gasteiger partial charge >= 0.3 is 5.97 Å². The third kappa shape index (κ3) is 5.20. The Morgan fingerprint density at radius 2 is 1.47 bits per heavy atom. The highest BCUT2D eigenvalue weighted by molar-refractivity contribution is 5.92. The molecule has 3 aromatic carbocycles. The maximum absolute atomic E-state index is 12.3. The van der Waals surface area contributed by atoms with E-state index in [0.29, 0.717) is 18.1 Å². The van der Waals surface area contributed by atoms with Crippen molar-refractivity contribution < 1.29 is 9.53 Å². The van der Waals surface area contributed by atoms with Crippen molar-refractivity contribution in [2.45, 2.75) is 19.8 Å². The van der Waals surface area contributed by atoms with Gasteiger partial charge in [-0.2, -0.15) is 0 Å². The molecule has 1 heterocycles. The average molecular weight is 429 g/mol. The summed E-state index contributed by atoms with van der Waals surface area (Å²) in [7, 11) is 0. The number of carbonyl (C=O) groups excluding carboxylic acids is 1. The molecule has 1 aliphatic heterocycles. The van der Waals surface area contributed by atoms with Crippen LogP contribution in [0.15, 0.2) is 78.9 Å². The summed E-state index contributed by atoms with van der Waals surface area (Å²) < 4.78 is 5.23. The number of aryl methyl sites for hydroxylation is 1. The molecule has 166 valence electrons. The highest BCUT2D eigenvalue weighted by Gasteiger charge is 2.23. The van der Waals surface area contributed by atoms with E-state index in [1.807, 2.05) is 26.0 Å². The lowest BCUT2D eigenvalue weighted by Crippen LogP contribution is -2.47. The SMILES string of the molecule is CCOC(=O)c1cc(N2CCN(CC(c3ccccc3)c3ccccc3)CC2)ccc1C. The molecule has 0 amide bonds. The Morgan fingerprint density at radius 1 is 0.875 bits per heavy atom. The van der Waals surface area contributed by atoms with Gasteiger partial charge in [-0.1, -0.05) is 66.7 Å². The first-order valence-electron chi connectivity index (χ1n) is 11.5. The molecule has 4 nitrogen and oxygen atoms in total. The highest BCUT2D eigenvalue weighted by Crippen LogP contribution is 2.27. The molecule has 0 saturated carbocycles. The molecule has 1 aliphatic rings. The Bertz CT molecular complexity index is 973. The van der Waals surface area contributed by atoms with Crippen molar-refractivity contribution in [2.24, 2.45) is 0 Å². The van der Waals surface area contributed by atoms with Crippen LogP contribution in [0.2, 0.25) is 0 Å². The van der Waals surface area contributed by atoms with Crippen LogP contribution < -0.4 is 4.90 Å². The Balaban J connectivity index is 1.44. The van der Waals surface area contributed by atoms with E-state index < -0.39 is 0 Å². The van der Waals surface area contributed by atoms with Gasteiger partial charge in [0.05, 0.1) is 12.2 Å². The van der Waals surface area contributed by atoms with E-state index in [2.05, 4.69) is 76.5 Å². The summed E-state index contributed by atoms with van der Waals surface area (Å²) >= 11 is 0. The summed E-state index contributed by atoms with van der Waals surface area (Å²) in [5, 5.41) is 0. The zero-order valence-electron chi connectivity index (χ0n) is 19.0. The first-order valence-corrected chi connectivity index (χ1v) is 11.5. The average Bonchev–Trinajstić information content (AvgIpc) is 2.84. The molecule has 0 atom stereocenters. The predicted molar refractivity (Wildman–Crippen MR) is 131 cm³/mol. The number of carbonyl (C=O) groups is 1. The molecule has 0 radical (unpaired) electrons. The van der Waals surface area contributed by atoms with Crippen LogP contribution in [0.25, 0.3) is 0 Å². The van der Waals surface area contributed by atoms with Crippen molar-refractivity contribution in [3.63, 3.8) is 0 Å². The van der Waals surface area contributed by atoms with Crippen molar-refractivity contribution in [3.8, 4) is 0 Å². The number of nitrogens with zero attached hydrogens (tertiary/aromatic N) is 2. The lowest BCUT2D eigenvalue weighted by molar-refractivity contribution is 0.0525. The Kier molecular flexibility index (Phi) is 7.23. The monoisotopic (exact) mass is 428 g/mol. The van der Waals surface area contributed by atoms with Gasteiger partial charge in [0.1, 0.15) is 0 Å². The fourth-order valence-corrected chi connectivity index (χ4v) is 4.46. The molecule has 0 spiro atoms. The van der Waals surface area contributed by atoms with E-state index in [9.17, 15) is 4.79 Å². The summed E-state index contributed by atoms with van der Waals surface area (Å²) in [6.07, 6.45) is 0. The summed E-state index contributed by atoms with van der Waals surface area (Å²) in [4.78, 5) is 17.2. The van der Waals surface area contributed by atoms with Gasteiger partial charge in [-0.3, -0.25) is 4.90 Å². The number of hydrogen-bond acceptors (Lipinski definition) is 4. The third-order valence-corrected chi connectivity index (χ3v) is 6.30. The smallest absolute Gasteiger partial charge is 0.338 e. The van der Waals surface area contributed by atoms with E-state index in [0.717, 1.165) is 44.0 Å². The topological polar surface area (TPSA) is 32.8 Å². The van der Waals surface area contributed by atoms with Gasteiger partial charge < -0.3 is 9.64 Å². The summed E-state index contributed by atoms with van der Waals surface area (Å²) in [6.45, 7) is 9.09. The quantitative estimate of drug-likeness (QED) is 0.489. The summed E-state index contributed by atoms with van der Waals surface area (Å²) in [6, 6.07) is 27.7. The first kappa shape index (κ1) is 22.1. The zero-order valence-corrected chi connectivity index (χ0v) is 19.0. The van der Waals surface area contributed by atoms with Crippen LogP contribution in [0, 0.1) is 6.92 Å². The van der Waals surface area contributed by atoms with E-state index in [4.69, 9.17) is 4.74 Å². The lowest BCUT2D eigenvalue weighted by atomic mass is 9.90. The van der Waals surface area contributed by atoms with Gasteiger partial charge in [-0.15, -0.1) is 0 Å². The second-order valence-corrected chi connectivity index (χ2v) is 8.38. The molecule has 0 aliphatic carbocycles. The van der Waals surface area contributed by atoms with Crippen LogP contribution in [0.3, 0.4) is 0 Å². The standard InChI is InChI=1S/C28H32N2O2/c1-3-32-28(31)26-20-25(15-14-22(26)2)30-18-16-29(17-19-30)21-27(23-10-6-4-7-11-23)24-12-8-5-9-13-24/h4-15,20,27H,3,16-19,21H2,1-2H3. The van der Waals surface area contributed by atoms with Crippen LogP contribution >= 0.6 is 0 Å². The maximum atomic E-state index is 12.3. The van der Waals surface area contributed by atoms with Gasteiger partial charge in [0.2, 0.25) is 0 Å². The number of anilines is 1. The number of piperazine rings is 1. The van der Waals surface area contributed by atoms with Crippen molar-refractivity contribution >= 4 is 11.7 Å². The van der Waals surface area contributed by atoms with Crippen molar-refractivity contribution in [2.75, 3.05) is 44.2 Å². The molecule has 4 heteroatoms. The van der Waals surface area contributed by atoms with Crippen LogP contribution in [0.1, 0.15) is 39.9 Å². The van der Waals surface area contributed by atoms with E-state index in [-0.39, 0.29) is 5.97 Å². The van der Waals surface area contributed by atoms with Gasteiger partial charge in [-0.25, -0.2) is 4.79 Å². The molecule has 1 saturated heterocycles. The molecule has 1 fully saturated rings. The fraction of sp³-hybridized carbons (Fsp3) is 0.321. The zero-order chi connectivity index (χ0) is 22.3. The van der Waals surface area contributed by atoms with Crippen LogP contribution in [0.5, 0.6) is 0 Å². The largest absolute Gasteiger partial charge is 0.462 e. The molecule has 0 aromatic heterocycles. The predicted octanol–water partition coefficient (Wildman–Crippen LogP) is 5.13. The molecule has 0 unspecified atom stereocenters. The van der Waals surface area contributed by atoms with Gasteiger partial charge in [0, 0.05) is 44.3 Å². The minimum atomic E-state index is -0.237. The van der Waals surface area contributed by atoms with E-state index >= 15 is 0 Å². The molecule has 0 N–H and O–H groups in total. The maximum Gasteiger partial charge on any atom is 0.338 e. The van der Waals surface area contributed by atoms with Gasteiger partial charge in [0.15, 0.2) is 0 Å². The number of esters is 1. The normalized spacial score (nSPS) is 14.5. The second-order valence-electron chi connectivity index (χ2n) is 8.38. The van der Waals surface area contributed by atoms with Gasteiger partial charge in [-0.05, 0) is 42.7 Å². The minimum Gasteiger partial charge on any atom is -0.462 e. The lowest BCUT2D eigenvalue weighted by Gasteiger charge is -2.38. The Hall–Kier alpha value is -3.11. The highest BCUT2D eigenvalue weighted by atomic mass is 16.5. The fourth-order valence-electron chi connectivity index (χ4n) is 4.46. The second kappa shape index (κ2) is 10.5. The van der Waals surface area contributed by atoms with Crippen LogP contribution in [-0.2, 0) is 4.74 Å². The summed E-state index contributed by atoms with van der Waals surface area (Å²) in [5.74, 6) is 0.123. The van der Waals surface area contributed by atoms with Crippen molar-refractivity contribution in [1.82, 2.24) is 4.90 Å².